The number of halogens is 1. The van der Waals surface area contributed by atoms with E-state index in [1.807, 2.05) is 6.07 Å². The lowest BCUT2D eigenvalue weighted by Gasteiger charge is -2.34. The van der Waals surface area contributed by atoms with Crippen molar-refractivity contribution in [3.63, 3.8) is 0 Å². The number of hydrogen-bond acceptors (Lipinski definition) is 4. The fourth-order valence-electron chi connectivity index (χ4n) is 1.95. The lowest BCUT2D eigenvalue weighted by molar-refractivity contribution is 0.0257. The van der Waals surface area contributed by atoms with Crippen LogP contribution < -0.4 is 0 Å². The molecule has 1 saturated carbocycles. The first-order valence-corrected chi connectivity index (χ1v) is 7.99. The van der Waals surface area contributed by atoms with Crippen molar-refractivity contribution in [1.82, 2.24) is 4.98 Å². The summed E-state index contributed by atoms with van der Waals surface area (Å²) in [6.07, 6.45) is 3.35. The van der Waals surface area contributed by atoms with Crippen molar-refractivity contribution >= 4 is 25.8 Å². The van der Waals surface area contributed by atoms with Crippen LogP contribution in [0.15, 0.2) is 21.8 Å². The lowest BCUT2D eigenvalue weighted by Crippen LogP contribution is -2.28. The number of nitrogens with zero attached hydrogens (tertiary/aromatic N) is 1. The van der Waals surface area contributed by atoms with E-state index in [0.29, 0.717) is 16.6 Å². The minimum Gasteiger partial charge on any atom is -0.381 e. The molecule has 1 heterocycles. The van der Waals surface area contributed by atoms with Gasteiger partial charge in [0, 0.05) is 13.4 Å². The minimum atomic E-state index is -3.26. The van der Waals surface area contributed by atoms with E-state index in [1.165, 1.54) is 6.26 Å². The van der Waals surface area contributed by atoms with Gasteiger partial charge in [0.1, 0.15) is 4.60 Å². The Morgan fingerprint density at radius 1 is 1.41 bits per heavy atom. The highest BCUT2D eigenvalue weighted by Crippen LogP contribution is 2.39. The third kappa shape index (κ3) is 2.86. The van der Waals surface area contributed by atoms with E-state index in [-0.39, 0.29) is 5.03 Å². The molecule has 0 spiro atoms. The maximum Gasteiger partial charge on any atom is 0.192 e. The standard InChI is InChI=1S/C11H14BrNO3S/c1-16-9-3-7(4-9)8-5-10(12)13-11(6-8)17(2,14)15/h5-7,9H,3-4H2,1-2H3/t7-,9+. The number of aromatic nitrogens is 1. The van der Waals surface area contributed by atoms with Crippen molar-refractivity contribution in [2.75, 3.05) is 13.4 Å². The molecule has 1 aliphatic rings. The maximum atomic E-state index is 11.5. The van der Waals surface area contributed by atoms with Gasteiger partial charge in [0.05, 0.1) is 6.10 Å². The van der Waals surface area contributed by atoms with Crippen molar-refractivity contribution in [3.05, 3.63) is 22.3 Å². The molecule has 6 heteroatoms. The molecule has 1 aromatic heterocycles. The number of ether oxygens (including phenoxy) is 1. The molecular weight excluding hydrogens is 306 g/mol. The summed E-state index contributed by atoms with van der Waals surface area (Å²) in [5.41, 5.74) is 1.01. The lowest BCUT2D eigenvalue weighted by atomic mass is 9.78. The predicted molar refractivity (Wildman–Crippen MR) is 67.8 cm³/mol. The van der Waals surface area contributed by atoms with Crippen LogP contribution in [0, 0.1) is 0 Å². The SMILES string of the molecule is CO[C@H]1C[C@@H](c2cc(Br)nc(S(C)(=O)=O)c2)C1. The van der Waals surface area contributed by atoms with Gasteiger partial charge in [-0.25, -0.2) is 13.4 Å². The maximum absolute atomic E-state index is 11.5. The van der Waals surface area contributed by atoms with Gasteiger partial charge in [-0.1, -0.05) is 0 Å². The molecule has 0 amide bonds. The zero-order valence-electron chi connectivity index (χ0n) is 9.68. The van der Waals surface area contributed by atoms with E-state index in [9.17, 15) is 8.42 Å². The van der Waals surface area contributed by atoms with Gasteiger partial charge in [-0.3, -0.25) is 0 Å². The van der Waals surface area contributed by atoms with Crippen LogP contribution in [-0.4, -0.2) is 32.9 Å². The van der Waals surface area contributed by atoms with Crippen LogP contribution in [0.3, 0.4) is 0 Å². The van der Waals surface area contributed by atoms with E-state index >= 15 is 0 Å². The Morgan fingerprint density at radius 2 is 2.06 bits per heavy atom. The Balaban J connectivity index is 2.28. The van der Waals surface area contributed by atoms with Crippen LogP contribution in [0.5, 0.6) is 0 Å². The van der Waals surface area contributed by atoms with Crippen molar-refractivity contribution < 1.29 is 13.2 Å². The fourth-order valence-corrected chi connectivity index (χ4v) is 3.13. The number of pyridine rings is 1. The van der Waals surface area contributed by atoms with E-state index in [4.69, 9.17) is 4.74 Å². The van der Waals surface area contributed by atoms with E-state index in [1.54, 1.807) is 13.2 Å². The largest absolute Gasteiger partial charge is 0.381 e. The minimum absolute atomic E-state index is 0.128. The summed E-state index contributed by atoms with van der Waals surface area (Å²) in [5, 5.41) is 0.128. The third-order valence-corrected chi connectivity index (χ3v) is 4.45. The van der Waals surface area contributed by atoms with E-state index < -0.39 is 9.84 Å². The van der Waals surface area contributed by atoms with Gasteiger partial charge < -0.3 is 4.74 Å². The molecule has 0 aromatic carbocycles. The molecule has 4 nitrogen and oxygen atoms in total. The van der Waals surface area contributed by atoms with Gasteiger partial charge in [0.25, 0.3) is 0 Å². The van der Waals surface area contributed by atoms with Crippen LogP contribution in [0.25, 0.3) is 0 Å². The highest BCUT2D eigenvalue weighted by Gasteiger charge is 2.31. The van der Waals surface area contributed by atoms with E-state index in [0.717, 1.165) is 18.4 Å². The van der Waals surface area contributed by atoms with Crippen LogP contribution in [0.4, 0.5) is 0 Å². The molecule has 1 fully saturated rings. The van der Waals surface area contributed by atoms with Crippen LogP contribution >= 0.6 is 15.9 Å². The normalized spacial score (nSPS) is 24.4. The number of sulfone groups is 1. The molecule has 0 N–H and O–H groups in total. The van der Waals surface area contributed by atoms with Gasteiger partial charge in [-0.2, -0.15) is 0 Å². The molecule has 0 atom stereocenters. The predicted octanol–water partition coefficient (Wildman–Crippen LogP) is 2.14. The van der Waals surface area contributed by atoms with Gasteiger partial charge >= 0.3 is 0 Å². The smallest absolute Gasteiger partial charge is 0.192 e. The van der Waals surface area contributed by atoms with Crippen LogP contribution in [0.1, 0.15) is 24.3 Å². The molecular formula is C11H14BrNO3S. The van der Waals surface area contributed by atoms with Crippen LogP contribution in [0.2, 0.25) is 0 Å². The second kappa shape index (κ2) is 4.66. The summed E-state index contributed by atoms with van der Waals surface area (Å²) < 4.78 is 28.7. The van der Waals surface area contributed by atoms with E-state index in [2.05, 4.69) is 20.9 Å². The monoisotopic (exact) mass is 319 g/mol. The number of methoxy groups -OCH3 is 1. The fraction of sp³-hybridized carbons (Fsp3) is 0.545. The second-order valence-corrected chi connectivity index (χ2v) is 7.13. The second-order valence-electron chi connectivity index (χ2n) is 4.36. The van der Waals surface area contributed by atoms with Gasteiger partial charge in [0.2, 0.25) is 0 Å². The Morgan fingerprint density at radius 3 is 2.59 bits per heavy atom. The summed E-state index contributed by atoms with van der Waals surface area (Å²) in [6, 6.07) is 3.54. The number of hydrogen-bond donors (Lipinski definition) is 0. The summed E-state index contributed by atoms with van der Waals surface area (Å²) in [7, 11) is -1.56. The zero-order chi connectivity index (χ0) is 12.6. The average molecular weight is 320 g/mol. The molecule has 0 bridgehead atoms. The molecule has 94 valence electrons. The van der Waals surface area contributed by atoms with Gasteiger partial charge in [-0.15, -0.1) is 0 Å². The summed E-state index contributed by atoms with van der Waals surface area (Å²) in [4.78, 5) is 3.98. The molecule has 2 rings (SSSR count). The Kier molecular flexibility index (Phi) is 3.56. The highest BCUT2D eigenvalue weighted by molar-refractivity contribution is 9.10. The third-order valence-electron chi connectivity index (χ3n) is 3.07. The van der Waals surface area contributed by atoms with Gasteiger partial charge in [0.15, 0.2) is 14.9 Å². The topological polar surface area (TPSA) is 56.3 Å². The summed E-state index contributed by atoms with van der Waals surface area (Å²) in [5.74, 6) is 0.375. The molecule has 1 aromatic rings. The Hall–Kier alpha value is -0.460. The quantitative estimate of drug-likeness (QED) is 0.801. The first kappa shape index (κ1) is 13.0. The van der Waals surface area contributed by atoms with Crippen molar-refractivity contribution in [2.24, 2.45) is 0 Å². The van der Waals surface area contributed by atoms with Crippen molar-refractivity contribution in [1.29, 1.82) is 0 Å². The Labute approximate surface area is 109 Å². The summed E-state index contributed by atoms with van der Waals surface area (Å²) in [6.45, 7) is 0. The molecule has 0 unspecified atom stereocenters. The average Bonchev–Trinajstić information content (AvgIpc) is 2.13. The molecule has 0 radical (unpaired) electrons. The first-order valence-electron chi connectivity index (χ1n) is 5.30. The van der Waals surface area contributed by atoms with Crippen molar-refractivity contribution in [2.45, 2.75) is 29.9 Å². The zero-order valence-corrected chi connectivity index (χ0v) is 12.1. The van der Waals surface area contributed by atoms with Gasteiger partial charge in [-0.05, 0) is 52.4 Å². The molecule has 1 aliphatic carbocycles. The molecule has 0 saturated heterocycles. The summed E-state index contributed by atoms with van der Waals surface area (Å²) >= 11 is 3.25. The first-order chi connectivity index (χ1) is 7.90. The van der Waals surface area contributed by atoms with Crippen LogP contribution in [-0.2, 0) is 14.6 Å². The molecule has 17 heavy (non-hydrogen) atoms. The highest BCUT2D eigenvalue weighted by atomic mass is 79.9. The Bertz CT molecular complexity index is 524. The number of rotatable bonds is 3. The van der Waals surface area contributed by atoms with Crippen molar-refractivity contribution in [3.8, 4) is 0 Å². The molecule has 0 aliphatic heterocycles.